The SMILES string of the molecule is CC(C)CCCC(C)CCCCC(C)CCCC(C)CCCC(C)CCCC(C)C. The Labute approximate surface area is 193 Å². The lowest BCUT2D eigenvalue weighted by Crippen LogP contribution is -2.02. The molecule has 0 heteroatoms. The monoisotopic (exact) mass is 422 g/mol. The molecule has 0 bridgehead atoms. The van der Waals surface area contributed by atoms with Crippen molar-refractivity contribution in [2.45, 2.75) is 158 Å². The fraction of sp³-hybridized carbons (Fsp3) is 1.00. The molecule has 0 aliphatic heterocycles. The second kappa shape index (κ2) is 19.7. The third-order valence-corrected chi connectivity index (χ3v) is 7.39. The zero-order valence-corrected chi connectivity index (χ0v) is 22.8. The second-order valence-corrected chi connectivity index (χ2v) is 12.2. The van der Waals surface area contributed by atoms with Crippen LogP contribution in [-0.4, -0.2) is 0 Å². The Balaban J connectivity index is 3.54. The molecule has 0 radical (unpaired) electrons. The van der Waals surface area contributed by atoms with E-state index in [1.807, 2.05) is 0 Å². The molecule has 0 aliphatic rings. The molecule has 0 N–H and O–H groups in total. The van der Waals surface area contributed by atoms with Gasteiger partial charge in [-0.25, -0.2) is 0 Å². The molecule has 0 aromatic carbocycles. The first kappa shape index (κ1) is 30.0. The van der Waals surface area contributed by atoms with Gasteiger partial charge < -0.3 is 0 Å². The fourth-order valence-electron chi connectivity index (χ4n) is 4.94. The summed E-state index contributed by atoms with van der Waals surface area (Å²) in [4.78, 5) is 0. The third-order valence-electron chi connectivity index (χ3n) is 7.39. The van der Waals surface area contributed by atoms with Crippen LogP contribution in [0.1, 0.15) is 158 Å². The van der Waals surface area contributed by atoms with Gasteiger partial charge in [0, 0.05) is 0 Å². The smallest absolute Gasteiger partial charge is 0.0443 e. The third kappa shape index (κ3) is 21.2. The summed E-state index contributed by atoms with van der Waals surface area (Å²) in [5.74, 6) is 5.51. The van der Waals surface area contributed by atoms with Gasteiger partial charge in [0.05, 0.1) is 0 Å². The summed E-state index contributed by atoms with van der Waals surface area (Å²) in [6.45, 7) is 19.3. The maximum Gasteiger partial charge on any atom is -0.0443 e. The summed E-state index contributed by atoms with van der Waals surface area (Å²) < 4.78 is 0. The van der Waals surface area contributed by atoms with E-state index in [0.717, 1.165) is 35.5 Å². The number of unbranched alkanes of at least 4 members (excludes halogenated alkanes) is 1. The molecule has 0 aromatic heterocycles. The molecule has 182 valence electrons. The Kier molecular flexibility index (Phi) is 19.7. The lowest BCUT2D eigenvalue weighted by atomic mass is 9.90. The Bertz CT molecular complexity index is 342. The van der Waals surface area contributed by atoms with Crippen molar-refractivity contribution in [3.8, 4) is 0 Å². The Morgan fingerprint density at radius 2 is 0.467 bits per heavy atom. The van der Waals surface area contributed by atoms with E-state index in [0.29, 0.717) is 0 Å². The molecule has 30 heavy (non-hydrogen) atoms. The molecule has 0 aromatic rings. The summed E-state index contributed by atoms with van der Waals surface area (Å²) in [7, 11) is 0. The molecule has 0 rings (SSSR count). The topological polar surface area (TPSA) is 0 Å². The molecule has 0 saturated heterocycles. The summed E-state index contributed by atoms with van der Waals surface area (Å²) >= 11 is 0. The quantitative estimate of drug-likeness (QED) is 0.161. The predicted octanol–water partition coefficient (Wildman–Crippen LogP) is 11.1. The normalized spacial score (nSPS) is 16.2. The highest BCUT2D eigenvalue weighted by Crippen LogP contribution is 2.24. The van der Waals surface area contributed by atoms with Crippen LogP contribution in [-0.2, 0) is 0 Å². The van der Waals surface area contributed by atoms with Crippen molar-refractivity contribution >= 4 is 0 Å². The minimum Gasteiger partial charge on any atom is -0.0628 e. The molecular weight excluding hydrogens is 360 g/mol. The van der Waals surface area contributed by atoms with Crippen LogP contribution in [0.2, 0.25) is 0 Å². The van der Waals surface area contributed by atoms with E-state index in [-0.39, 0.29) is 0 Å². The average molecular weight is 423 g/mol. The van der Waals surface area contributed by atoms with Crippen molar-refractivity contribution in [2.24, 2.45) is 35.5 Å². The molecule has 4 unspecified atom stereocenters. The van der Waals surface area contributed by atoms with Crippen molar-refractivity contribution in [3.63, 3.8) is 0 Å². The summed E-state index contributed by atoms with van der Waals surface area (Å²) in [6.07, 6.45) is 23.2. The van der Waals surface area contributed by atoms with Crippen LogP contribution in [0.15, 0.2) is 0 Å². The van der Waals surface area contributed by atoms with Gasteiger partial charge in [0.25, 0.3) is 0 Å². The van der Waals surface area contributed by atoms with E-state index in [1.54, 1.807) is 0 Å². The largest absolute Gasteiger partial charge is 0.0628 e. The summed E-state index contributed by atoms with van der Waals surface area (Å²) in [5, 5.41) is 0. The molecule has 0 saturated carbocycles. The van der Waals surface area contributed by atoms with Gasteiger partial charge in [-0.05, 0) is 35.5 Å². The van der Waals surface area contributed by atoms with Crippen molar-refractivity contribution in [1.82, 2.24) is 0 Å². The highest BCUT2D eigenvalue weighted by Gasteiger charge is 2.09. The standard InChI is InChI=1S/C30H62/c1-25(2)15-11-19-27(5)17-9-10-18-28(6)21-13-23-30(8)24-14-22-29(7)20-12-16-26(3)4/h25-30H,9-24H2,1-8H3. The Hall–Kier alpha value is 0. The van der Waals surface area contributed by atoms with Gasteiger partial charge in [0.2, 0.25) is 0 Å². The molecule has 0 amide bonds. The van der Waals surface area contributed by atoms with Gasteiger partial charge in [-0.1, -0.05) is 158 Å². The van der Waals surface area contributed by atoms with Crippen LogP contribution in [0.3, 0.4) is 0 Å². The molecule has 0 fully saturated rings. The average Bonchev–Trinajstić information content (AvgIpc) is 2.64. The first-order chi connectivity index (χ1) is 14.2. The van der Waals surface area contributed by atoms with Crippen LogP contribution in [0.4, 0.5) is 0 Å². The lowest BCUT2D eigenvalue weighted by molar-refractivity contribution is 0.366. The zero-order valence-electron chi connectivity index (χ0n) is 22.8. The highest BCUT2D eigenvalue weighted by atomic mass is 14.1. The number of hydrogen-bond donors (Lipinski definition) is 0. The second-order valence-electron chi connectivity index (χ2n) is 12.2. The Morgan fingerprint density at radius 3 is 0.700 bits per heavy atom. The maximum absolute atomic E-state index is 2.50. The number of rotatable bonds is 21. The van der Waals surface area contributed by atoms with Gasteiger partial charge in [0.15, 0.2) is 0 Å². The summed E-state index contributed by atoms with van der Waals surface area (Å²) in [6, 6.07) is 0. The fourth-order valence-corrected chi connectivity index (χ4v) is 4.94. The van der Waals surface area contributed by atoms with Gasteiger partial charge in [-0.15, -0.1) is 0 Å². The van der Waals surface area contributed by atoms with E-state index < -0.39 is 0 Å². The van der Waals surface area contributed by atoms with Crippen LogP contribution in [0.25, 0.3) is 0 Å². The van der Waals surface area contributed by atoms with E-state index in [9.17, 15) is 0 Å². The first-order valence-electron chi connectivity index (χ1n) is 14.2. The van der Waals surface area contributed by atoms with E-state index >= 15 is 0 Å². The maximum atomic E-state index is 2.50. The van der Waals surface area contributed by atoms with Crippen molar-refractivity contribution in [1.29, 1.82) is 0 Å². The van der Waals surface area contributed by atoms with E-state index in [1.165, 1.54) is 103 Å². The molecule has 0 heterocycles. The van der Waals surface area contributed by atoms with Gasteiger partial charge in [-0.2, -0.15) is 0 Å². The molecule has 0 aliphatic carbocycles. The van der Waals surface area contributed by atoms with Gasteiger partial charge in [-0.3, -0.25) is 0 Å². The first-order valence-corrected chi connectivity index (χ1v) is 14.2. The lowest BCUT2D eigenvalue weighted by Gasteiger charge is -2.17. The van der Waals surface area contributed by atoms with Gasteiger partial charge >= 0.3 is 0 Å². The highest BCUT2D eigenvalue weighted by molar-refractivity contribution is 4.62. The van der Waals surface area contributed by atoms with Crippen LogP contribution in [0.5, 0.6) is 0 Å². The molecule has 0 nitrogen and oxygen atoms in total. The molecule has 4 atom stereocenters. The zero-order chi connectivity index (χ0) is 22.8. The van der Waals surface area contributed by atoms with Gasteiger partial charge in [0.1, 0.15) is 0 Å². The van der Waals surface area contributed by atoms with E-state index in [2.05, 4.69) is 55.4 Å². The predicted molar refractivity (Wildman–Crippen MR) is 140 cm³/mol. The van der Waals surface area contributed by atoms with Crippen molar-refractivity contribution in [2.75, 3.05) is 0 Å². The van der Waals surface area contributed by atoms with Crippen LogP contribution < -0.4 is 0 Å². The molecular formula is C30H62. The Morgan fingerprint density at radius 1 is 0.267 bits per heavy atom. The molecule has 0 spiro atoms. The van der Waals surface area contributed by atoms with E-state index in [4.69, 9.17) is 0 Å². The van der Waals surface area contributed by atoms with Crippen LogP contribution in [0, 0.1) is 35.5 Å². The number of hydrogen-bond acceptors (Lipinski definition) is 0. The minimum atomic E-state index is 0.878. The van der Waals surface area contributed by atoms with Crippen LogP contribution >= 0.6 is 0 Å². The minimum absolute atomic E-state index is 0.878. The summed E-state index contributed by atoms with van der Waals surface area (Å²) in [5.41, 5.74) is 0. The van der Waals surface area contributed by atoms with Crippen molar-refractivity contribution < 1.29 is 0 Å². The van der Waals surface area contributed by atoms with Crippen molar-refractivity contribution in [3.05, 3.63) is 0 Å².